The number of hydrogen-bond acceptors (Lipinski definition) is 3. The summed E-state index contributed by atoms with van der Waals surface area (Å²) in [5.41, 5.74) is 6.20. The maximum Gasteiger partial charge on any atom is 0.222 e. The topological polar surface area (TPSA) is 49.6 Å². The van der Waals surface area contributed by atoms with Gasteiger partial charge < -0.3 is 15.5 Å². The lowest BCUT2D eigenvalue weighted by molar-refractivity contribution is -0.134. The molecular formula is C18H35Cl2N3O. The molecule has 2 aliphatic heterocycles. The van der Waals surface area contributed by atoms with Gasteiger partial charge in [0.05, 0.1) is 0 Å². The van der Waals surface area contributed by atoms with Crippen molar-refractivity contribution >= 4 is 30.7 Å². The molecule has 6 heteroatoms. The maximum absolute atomic E-state index is 12.6. The number of carbonyl (C=O) groups is 1. The molecule has 24 heavy (non-hydrogen) atoms. The number of nitrogens with zero attached hydrogens (tertiary/aromatic N) is 2. The van der Waals surface area contributed by atoms with Crippen molar-refractivity contribution in [2.24, 2.45) is 11.7 Å². The second kappa shape index (κ2) is 10.8. The molecule has 3 fully saturated rings. The number of piperidine rings is 2. The second-order valence-electron chi connectivity index (χ2n) is 7.62. The number of amides is 1. The van der Waals surface area contributed by atoms with Crippen LogP contribution in [0, 0.1) is 5.92 Å². The molecule has 0 bridgehead atoms. The van der Waals surface area contributed by atoms with Crippen LogP contribution in [-0.2, 0) is 4.79 Å². The van der Waals surface area contributed by atoms with Crippen LogP contribution in [0.1, 0.15) is 64.2 Å². The molecule has 1 saturated carbocycles. The highest BCUT2D eigenvalue weighted by Crippen LogP contribution is 2.27. The average Bonchev–Trinajstić information content (AvgIpc) is 2.58. The van der Waals surface area contributed by atoms with Gasteiger partial charge in [0.15, 0.2) is 0 Å². The van der Waals surface area contributed by atoms with Crippen LogP contribution in [0.3, 0.4) is 0 Å². The minimum Gasteiger partial charge on any atom is -0.343 e. The fourth-order valence-corrected chi connectivity index (χ4v) is 4.61. The van der Waals surface area contributed by atoms with Crippen LogP contribution in [-0.4, -0.2) is 54.0 Å². The Kier molecular flexibility index (Phi) is 9.95. The van der Waals surface area contributed by atoms with E-state index in [1.165, 1.54) is 58.0 Å². The van der Waals surface area contributed by atoms with Crippen LogP contribution in [0.2, 0.25) is 0 Å². The van der Waals surface area contributed by atoms with E-state index in [0.717, 1.165) is 32.0 Å². The van der Waals surface area contributed by atoms with E-state index in [0.29, 0.717) is 18.2 Å². The second-order valence-corrected chi connectivity index (χ2v) is 7.62. The predicted octanol–water partition coefficient (Wildman–Crippen LogP) is 3.21. The highest BCUT2D eigenvalue weighted by molar-refractivity contribution is 5.85. The summed E-state index contributed by atoms with van der Waals surface area (Å²) in [4.78, 5) is 17.3. The zero-order valence-corrected chi connectivity index (χ0v) is 16.5. The summed E-state index contributed by atoms with van der Waals surface area (Å²) in [7, 11) is 0. The molecule has 2 N–H and O–H groups in total. The standard InChI is InChI=1S/C18H33N3O.2ClH/c19-17-7-3-2-6-15(17)14-18(22)21-12-8-16(9-13-21)20-10-4-1-5-11-20;;/h15-17H,1-14,19H2;2*1H. The molecule has 0 aromatic carbocycles. The quantitative estimate of drug-likeness (QED) is 0.818. The molecule has 0 aromatic rings. The maximum atomic E-state index is 12.6. The lowest BCUT2D eigenvalue weighted by Gasteiger charge is -2.40. The lowest BCUT2D eigenvalue weighted by atomic mass is 9.82. The lowest BCUT2D eigenvalue weighted by Crippen LogP contribution is -2.49. The predicted molar refractivity (Wildman–Crippen MR) is 104 cm³/mol. The monoisotopic (exact) mass is 379 g/mol. The number of nitrogens with two attached hydrogens (primary N) is 1. The molecule has 0 spiro atoms. The van der Waals surface area contributed by atoms with Crippen LogP contribution < -0.4 is 5.73 Å². The Hall–Kier alpha value is -0.0300. The van der Waals surface area contributed by atoms with E-state index in [9.17, 15) is 4.79 Å². The molecule has 4 nitrogen and oxygen atoms in total. The number of rotatable bonds is 3. The van der Waals surface area contributed by atoms with Crippen LogP contribution in [0.5, 0.6) is 0 Å². The van der Waals surface area contributed by atoms with Crippen LogP contribution in [0.15, 0.2) is 0 Å². The Balaban J connectivity index is 0.00000144. The van der Waals surface area contributed by atoms with Gasteiger partial charge in [-0.2, -0.15) is 0 Å². The van der Waals surface area contributed by atoms with E-state index in [1.54, 1.807) is 0 Å². The van der Waals surface area contributed by atoms with E-state index < -0.39 is 0 Å². The van der Waals surface area contributed by atoms with Gasteiger partial charge in [0.25, 0.3) is 0 Å². The summed E-state index contributed by atoms with van der Waals surface area (Å²) in [6.07, 6.45) is 11.9. The Morgan fingerprint density at radius 1 is 0.833 bits per heavy atom. The summed E-state index contributed by atoms with van der Waals surface area (Å²) in [6.45, 7) is 4.47. The van der Waals surface area contributed by atoms with E-state index in [1.807, 2.05) is 0 Å². The van der Waals surface area contributed by atoms with Crippen LogP contribution in [0.25, 0.3) is 0 Å². The SMILES string of the molecule is Cl.Cl.NC1CCCCC1CC(=O)N1CCC(N2CCCCC2)CC1. The molecule has 2 unspecified atom stereocenters. The normalized spacial score (nSPS) is 29.5. The molecule has 3 rings (SSSR count). The van der Waals surface area contributed by atoms with E-state index in [-0.39, 0.29) is 30.9 Å². The van der Waals surface area contributed by atoms with Gasteiger partial charge in [0.2, 0.25) is 5.91 Å². The van der Waals surface area contributed by atoms with Crippen molar-refractivity contribution in [2.75, 3.05) is 26.2 Å². The van der Waals surface area contributed by atoms with Crippen molar-refractivity contribution in [3.63, 3.8) is 0 Å². The Morgan fingerprint density at radius 3 is 2.08 bits per heavy atom. The zero-order chi connectivity index (χ0) is 15.4. The van der Waals surface area contributed by atoms with Crippen LogP contribution >= 0.6 is 24.8 Å². The molecule has 2 heterocycles. The van der Waals surface area contributed by atoms with E-state index in [2.05, 4.69) is 9.80 Å². The van der Waals surface area contributed by atoms with Crippen molar-refractivity contribution in [1.82, 2.24) is 9.80 Å². The largest absolute Gasteiger partial charge is 0.343 e. The first-order valence-corrected chi connectivity index (χ1v) is 9.51. The van der Waals surface area contributed by atoms with Gasteiger partial charge in [-0.15, -0.1) is 24.8 Å². The van der Waals surface area contributed by atoms with Crippen molar-refractivity contribution in [3.8, 4) is 0 Å². The Morgan fingerprint density at radius 2 is 1.46 bits per heavy atom. The first kappa shape index (κ1) is 22.0. The van der Waals surface area contributed by atoms with Gasteiger partial charge >= 0.3 is 0 Å². The minimum atomic E-state index is 0. The number of likely N-dealkylation sites (tertiary alicyclic amines) is 2. The highest BCUT2D eigenvalue weighted by Gasteiger charge is 2.30. The first-order valence-electron chi connectivity index (χ1n) is 9.51. The zero-order valence-electron chi connectivity index (χ0n) is 14.8. The number of hydrogen-bond donors (Lipinski definition) is 1. The fourth-order valence-electron chi connectivity index (χ4n) is 4.61. The third kappa shape index (κ3) is 5.76. The number of halogens is 2. The van der Waals surface area contributed by atoms with Gasteiger partial charge in [0.1, 0.15) is 0 Å². The molecule has 142 valence electrons. The summed E-state index contributed by atoms with van der Waals surface area (Å²) in [5.74, 6) is 0.792. The van der Waals surface area contributed by atoms with Gasteiger partial charge in [-0.3, -0.25) is 4.79 Å². The van der Waals surface area contributed by atoms with Crippen molar-refractivity contribution < 1.29 is 4.79 Å². The molecule has 3 aliphatic rings. The average molecular weight is 380 g/mol. The van der Waals surface area contributed by atoms with Gasteiger partial charge in [-0.05, 0) is 57.5 Å². The first-order chi connectivity index (χ1) is 10.7. The summed E-state index contributed by atoms with van der Waals surface area (Å²) in [5, 5.41) is 0. The Bertz CT molecular complexity index is 369. The minimum absolute atomic E-state index is 0. The van der Waals surface area contributed by atoms with Crippen molar-refractivity contribution in [3.05, 3.63) is 0 Å². The van der Waals surface area contributed by atoms with Gasteiger partial charge in [-0.25, -0.2) is 0 Å². The fraction of sp³-hybridized carbons (Fsp3) is 0.944. The van der Waals surface area contributed by atoms with Gasteiger partial charge in [0, 0.05) is 31.6 Å². The van der Waals surface area contributed by atoms with Crippen molar-refractivity contribution in [1.29, 1.82) is 0 Å². The Labute approximate surface area is 159 Å². The summed E-state index contributed by atoms with van der Waals surface area (Å²) < 4.78 is 0. The third-order valence-corrected chi connectivity index (χ3v) is 6.13. The molecule has 0 radical (unpaired) electrons. The highest BCUT2D eigenvalue weighted by atomic mass is 35.5. The summed E-state index contributed by atoms with van der Waals surface area (Å²) in [6, 6.07) is 0.977. The third-order valence-electron chi connectivity index (χ3n) is 6.13. The summed E-state index contributed by atoms with van der Waals surface area (Å²) >= 11 is 0. The molecule has 1 aliphatic carbocycles. The molecule has 2 saturated heterocycles. The van der Waals surface area contributed by atoms with E-state index in [4.69, 9.17) is 5.73 Å². The smallest absolute Gasteiger partial charge is 0.222 e. The van der Waals surface area contributed by atoms with Crippen molar-refractivity contribution in [2.45, 2.75) is 76.3 Å². The van der Waals surface area contributed by atoms with E-state index >= 15 is 0 Å². The molecule has 2 atom stereocenters. The van der Waals surface area contributed by atoms with Gasteiger partial charge in [-0.1, -0.05) is 19.3 Å². The molecular weight excluding hydrogens is 345 g/mol. The molecule has 1 amide bonds. The van der Waals surface area contributed by atoms with Crippen LogP contribution in [0.4, 0.5) is 0 Å². The molecule has 0 aromatic heterocycles. The number of carbonyl (C=O) groups excluding carboxylic acids is 1.